The molecule has 0 heterocycles. The smallest absolute Gasteiger partial charge is 0.149 e. The minimum atomic E-state index is -0.408. The largest absolute Gasteiger partial charge is 0.392 e. The Morgan fingerprint density at radius 2 is 1.78 bits per heavy atom. The summed E-state index contributed by atoms with van der Waals surface area (Å²) in [5.74, 6) is -0.408. The zero-order valence-corrected chi connectivity index (χ0v) is 11.1. The Labute approximate surface area is 111 Å². The summed E-state index contributed by atoms with van der Waals surface area (Å²) in [7, 11) is 0. The molecule has 0 bridgehead atoms. The van der Waals surface area contributed by atoms with Crippen LogP contribution in [0, 0.1) is 19.7 Å². The van der Waals surface area contributed by atoms with Crippen molar-refractivity contribution in [3.63, 3.8) is 0 Å². The van der Waals surface area contributed by atoms with Gasteiger partial charge in [-0.05, 0) is 42.2 Å². The Kier molecular flexibility index (Phi) is 3.69. The third kappa shape index (κ3) is 2.26. The molecule has 0 atom stereocenters. The van der Waals surface area contributed by atoms with Crippen LogP contribution in [0.3, 0.4) is 0 Å². The number of aliphatic hydroxyl groups is 1. The molecule has 0 aliphatic rings. The Hall–Kier alpha value is -1.38. The van der Waals surface area contributed by atoms with Crippen molar-refractivity contribution >= 4 is 11.6 Å². The summed E-state index contributed by atoms with van der Waals surface area (Å²) in [4.78, 5) is 0. The Morgan fingerprint density at radius 3 is 2.33 bits per heavy atom. The van der Waals surface area contributed by atoms with Crippen LogP contribution in [0.2, 0.25) is 5.02 Å². The van der Waals surface area contributed by atoms with Gasteiger partial charge < -0.3 is 5.11 Å². The summed E-state index contributed by atoms with van der Waals surface area (Å²) in [5.41, 5.74) is 4.06. The molecule has 0 radical (unpaired) electrons. The molecule has 0 unspecified atom stereocenters. The topological polar surface area (TPSA) is 20.2 Å². The van der Waals surface area contributed by atoms with Crippen LogP contribution in [0.15, 0.2) is 30.3 Å². The van der Waals surface area contributed by atoms with Crippen LogP contribution in [0.4, 0.5) is 4.39 Å². The van der Waals surface area contributed by atoms with Gasteiger partial charge in [-0.15, -0.1) is 0 Å². The highest BCUT2D eigenvalue weighted by molar-refractivity contribution is 6.31. The van der Waals surface area contributed by atoms with Crippen LogP contribution in [-0.4, -0.2) is 5.11 Å². The second-order valence-corrected chi connectivity index (χ2v) is 4.76. The van der Waals surface area contributed by atoms with Gasteiger partial charge in [0.1, 0.15) is 5.82 Å². The lowest BCUT2D eigenvalue weighted by molar-refractivity contribution is 0.280. The summed E-state index contributed by atoms with van der Waals surface area (Å²) in [6.07, 6.45) is 0. The van der Waals surface area contributed by atoms with Gasteiger partial charge in [-0.25, -0.2) is 4.39 Å². The first-order valence-corrected chi connectivity index (χ1v) is 6.07. The monoisotopic (exact) mass is 264 g/mol. The van der Waals surface area contributed by atoms with Crippen LogP contribution in [0.1, 0.15) is 16.7 Å². The molecule has 0 saturated heterocycles. The second-order valence-electron chi connectivity index (χ2n) is 4.35. The first-order valence-electron chi connectivity index (χ1n) is 5.70. The molecule has 0 aromatic heterocycles. The maximum absolute atomic E-state index is 14.0. The van der Waals surface area contributed by atoms with Gasteiger partial charge in [0.2, 0.25) is 0 Å². The molecular weight excluding hydrogens is 251 g/mol. The molecule has 2 aromatic carbocycles. The molecule has 18 heavy (non-hydrogen) atoms. The van der Waals surface area contributed by atoms with Crippen molar-refractivity contribution in [3.8, 4) is 11.1 Å². The Bertz CT molecular complexity index is 570. The van der Waals surface area contributed by atoms with Gasteiger partial charge in [0.25, 0.3) is 0 Å². The first kappa shape index (κ1) is 13.1. The number of hydrogen-bond donors (Lipinski definition) is 1. The quantitative estimate of drug-likeness (QED) is 0.859. The molecule has 0 aliphatic heterocycles. The summed E-state index contributed by atoms with van der Waals surface area (Å²) < 4.78 is 14.0. The van der Waals surface area contributed by atoms with Crippen LogP contribution in [-0.2, 0) is 6.61 Å². The molecule has 0 fully saturated rings. The number of aliphatic hydroxyl groups excluding tert-OH is 1. The molecule has 2 rings (SSSR count). The van der Waals surface area contributed by atoms with E-state index >= 15 is 0 Å². The fourth-order valence-electron chi connectivity index (χ4n) is 2.13. The van der Waals surface area contributed by atoms with Gasteiger partial charge in [0.05, 0.1) is 11.6 Å². The molecule has 0 amide bonds. The predicted molar refractivity (Wildman–Crippen MR) is 72.2 cm³/mol. The van der Waals surface area contributed by atoms with Crippen LogP contribution in [0.25, 0.3) is 11.1 Å². The van der Waals surface area contributed by atoms with Gasteiger partial charge in [-0.2, -0.15) is 0 Å². The maximum atomic E-state index is 14.0. The van der Waals surface area contributed by atoms with Crippen molar-refractivity contribution in [2.75, 3.05) is 0 Å². The number of hydrogen-bond acceptors (Lipinski definition) is 1. The highest BCUT2D eigenvalue weighted by Gasteiger charge is 2.11. The first-order chi connectivity index (χ1) is 8.54. The molecule has 0 saturated carbocycles. The summed E-state index contributed by atoms with van der Waals surface area (Å²) in [6.45, 7) is 3.81. The zero-order chi connectivity index (χ0) is 13.3. The van der Waals surface area contributed by atoms with E-state index in [9.17, 15) is 9.50 Å². The number of benzene rings is 2. The van der Waals surface area contributed by atoms with E-state index in [1.165, 1.54) is 6.07 Å². The van der Waals surface area contributed by atoms with Crippen molar-refractivity contribution in [1.82, 2.24) is 0 Å². The predicted octanol–water partition coefficient (Wildman–Crippen LogP) is 4.26. The van der Waals surface area contributed by atoms with E-state index in [0.717, 1.165) is 22.3 Å². The fraction of sp³-hybridized carbons (Fsp3) is 0.200. The molecular formula is C15H14ClFO. The summed E-state index contributed by atoms with van der Waals surface area (Å²) >= 11 is 5.79. The average Bonchev–Trinajstić information content (AvgIpc) is 2.32. The van der Waals surface area contributed by atoms with E-state index in [0.29, 0.717) is 5.56 Å². The van der Waals surface area contributed by atoms with E-state index in [-0.39, 0.29) is 11.6 Å². The van der Waals surface area contributed by atoms with Crippen LogP contribution >= 0.6 is 11.6 Å². The second kappa shape index (κ2) is 5.09. The van der Waals surface area contributed by atoms with E-state index in [1.807, 2.05) is 26.0 Å². The van der Waals surface area contributed by atoms with Crippen molar-refractivity contribution in [2.24, 2.45) is 0 Å². The van der Waals surface area contributed by atoms with Crippen LogP contribution < -0.4 is 0 Å². The average molecular weight is 265 g/mol. The molecule has 0 spiro atoms. The fourth-order valence-corrected chi connectivity index (χ4v) is 2.30. The lowest BCUT2D eigenvalue weighted by Crippen LogP contribution is -1.95. The standard InChI is InChI=1S/C15H14ClFO/c1-9-6-11(7-10(2)13(9)8-18)12-4-3-5-14(16)15(12)17/h3-7,18H,8H2,1-2H3. The van der Waals surface area contributed by atoms with Gasteiger partial charge in [-0.1, -0.05) is 35.9 Å². The third-order valence-electron chi connectivity index (χ3n) is 3.12. The van der Waals surface area contributed by atoms with Crippen molar-refractivity contribution in [2.45, 2.75) is 20.5 Å². The zero-order valence-electron chi connectivity index (χ0n) is 10.3. The molecule has 3 heteroatoms. The van der Waals surface area contributed by atoms with E-state index in [4.69, 9.17) is 11.6 Å². The van der Waals surface area contributed by atoms with Crippen molar-refractivity contribution in [3.05, 3.63) is 57.9 Å². The maximum Gasteiger partial charge on any atom is 0.149 e. The van der Waals surface area contributed by atoms with Gasteiger partial charge in [0.15, 0.2) is 0 Å². The normalized spacial score (nSPS) is 10.7. The minimum Gasteiger partial charge on any atom is -0.392 e. The highest BCUT2D eigenvalue weighted by Crippen LogP contribution is 2.30. The van der Waals surface area contributed by atoms with Crippen molar-refractivity contribution in [1.29, 1.82) is 0 Å². The highest BCUT2D eigenvalue weighted by atomic mass is 35.5. The molecule has 1 N–H and O–H groups in total. The van der Waals surface area contributed by atoms with Gasteiger partial charge >= 0.3 is 0 Å². The Balaban J connectivity index is 2.62. The van der Waals surface area contributed by atoms with E-state index in [2.05, 4.69) is 0 Å². The molecule has 0 aliphatic carbocycles. The van der Waals surface area contributed by atoms with Gasteiger partial charge in [0, 0.05) is 5.56 Å². The molecule has 1 nitrogen and oxygen atoms in total. The van der Waals surface area contributed by atoms with E-state index in [1.54, 1.807) is 12.1 Å². The van der Waals surface area contributed by atoms with Crippen molar-refractivity contribution < 1.29 is 9.50 Å². The Morgan fingerprint density at radius 1 is 1.17 bits per heavy atom. The molecule has 2 aromatic rings. The SMILES string of the molecule is Cc1cc(-c2cccc(Cl)c2F)cc(C)c1CO. The molecule has 94 valence electrons. The van der Waals surface area contributed by atoms with Crippen LogP contribution in [0.5, 0.6) is 0 Å². The third-order valence-corrected chi connectivity index (χ3v) is 3.41. The lowest BCUT2D eigenvalue weighted by Gasteiger charge is -2.11. The van der Waals surface area contributed by atoms with E-state index < -0.39 is 5.82 Å². The number of rotatable bonds is 2. The minimum absolute atomic E-state index is 0.00399. The number of halogens is 2. The summed E-state index contributed by atoms with van der Waals surface area (Å²) in [6, 6.07) is 8.70. The van der Waals surface area contributed by atoms with Gasteiger partial charge in [-0.3, -0.25) is 0 Å². The summed E-state index contributed by atoms with van der Waals surface area (Å²) in [5, 5.41) is 9.38. The lowest BCUT2D eigenvalue weighted by atomic mass is 9.96. The number of aryl methyl sites for hydroxylation is 2.